The SMILES string of the molecule is O=C(CCCCCCc1ccccc1)C(=O)NCc1nnc(-c2ccc(OCc3ccncc3)cc2)s1. The molecule has 1 N–H and O–H groups in total. The molecule has 2 heterocycles. The molecule has 1 amide bonds. The number of carbonyl (C=O) groups excluding carboxylic acids is 2. The van der Waals surface area contributed by atoms with Crippen LogP contribution in [0.4, 0.5) is 0 Å². The fraction of sp³-hybridized carbons (Fsp3) is 0.276. The molecular formula is C29H30N4O3S. The Kier molecular flexibility index (Phi) is 9.89. The van der Waals surface area contributed by atoms with Gasteiger partial charge >= 0.3 is 0 Å². The largest absolute Gasteiger partial charge is 0.489 e. The number of hydrogen-bond donors (Lipinski definition) is 1. The van der Waals surface area contributed by atoms with Crippen molar-refractivity contribution in [2.75, 3.05) is 0 Å². The lowest BCUT2D eigenvalue weighted by molar-refractivity contribution is -0.138. The van der Waals surface area contributed by atoms with E-state index in [1.165, 1.54) is 16.9 Å². The summed E-state index contributed by atoms with van der Waals surface area (Å²) in [6.45, 7) is 0.657. The summed E-state index contributed by atoms with van der Waals surface area (Å²) in [6, 6.07) is 21.8. The number of ether oxygens (including phenoxy) is 1. The minimum atomic E-state index is -0.559. The third-order valence-electron chi connectivity index (χ3n) is 5.84. The molecular weight excluding hydrogens is 484 g/mol. The molecule has 2 aromatic heterocycles. The standard InChI is InChI=1S/C29H30N4O3S/c34-26(11-7-2-1-4-8-22-9-5-3-6-10-22)28(35)31-20-27-32-33-29(37-27)24-12-14-25(15-13-24)36-21-23-16-18-30-19-17-23/h3,5-6,9-10,12-19H,1-2,4,7-8,11,20-21H2,(H,31,35). The number of ketones is 1. The molecule has 37 heavy (non-hydrogen) atoms. The zero-order valence-corrected chi connectivity index (χ0v) is 21.5. The third kappa shape index (κ3) is 8.61. The van der Waals surface area contributed by atoms with Crippen LogP contribution in [0.3, 0.4) is 0 Å². The van der Waals surface area contributed by atoms with Gasteiger partial charge in [0.2, 0.25) is 5.78 Å². The first kappa shape index (κ1) is 26.2. The lowest BCUT2D eigenvalue weighted by Gasteiger charge is -2.06. The molecule has 4 rings (SSSR count). The van der Waals surface area contributed by atoms with E-state index in [2.05, 4.69) is 44.8 Å². The molecule has 0 radical (unpaired) electrons. The molecule has 7 nitrogen and oxygen atoms in total. The minimum absolute atomic E-state index is 0.187. The molecule has 0 saturated carbocycles. The van der Waals surface area contributed by atoms with Crippen LogP contribution in [0.5, 0.6) is 5.75 Å². The fourth-order valence-electron chi connectivity index (χ4n) is 3.76. The lowest BCUT2D eigenvalue weighted by Crippen LogP contribution is -2.30. The zero-order chi connectivity index (χ0) is 25.7. The molecule has 2 aromatic carbocycles. The summed E-state index contributed by atoms with van der Waals surface area (Å²) in [5.74, 6) is -0.181. The van der Waals surface area contributed by atoms with Gasteiger partial charge in [0.25, 0.3) is 5.91 Å². The Morgan fingerprint density at radius 2 is 1.57 bits per heavy atom. The number of aryl methyl sites for hydroxylation is 1. The number of unbranched alkanes of at least 4 members (excludes halogenated alkanes) is 3. The van der Waals surface area contributed by atoms with E-state index in [9.17, 15) is 9.59 Å². The second-order valence-electron chi connectivity index (χ2n) is 8.68. The number of amides is 1. The first-order valence-corrected chi connectivity index (χ1v) is 13.3. The van der Waals surface area contributed by atoms with Gasteiger partial charge in [-0.25, -0.2) is 0 Å². The van der Waals surface area contributed by atoms with Gasteiger partial charge in [-0.2, -0.15) is 0 Å². The predicted octanol–water partition coefficient (Wildman–Crippen LogP) is 5.56. The van der Waals surface area contributed by atoms with Crippen molar-refractivity contribution >= 4 is 23.0 Å². The number of benzene rings is 2. The zero-order valence-electron chi connectivity index (χ0n) is 20.6. The molecule has 0 fully saturated rings. The highest BCUT2D eigenvalue weighted by Gasteiger charge is 2.14. The van der Waals surface area contributed by atoms with Crippen molar-refractivity contribution in [2.24, 2.45) is 0 Å². The molecule has 0 unspecified atom stereocenters. The summed E-state index contributed by atoms with van der Waals surface area (Å²) >= 11 is 1.38. The van der Waals surface area contributed by atoms with E-state index in [0.29, 0.717) is 11.6 Å². The summed E-state index contributed by atoms with van der Waals surface area (Å²) < 4.78 is 5.80. The van der Waals surface area contributed by atoms with Gasteiger partial charge in [-0.1, -0.05) is 54.5 Å². The van der Waals surface area contributed by atoms with E-state index >= 15 is 0 Å². The van der Waals surface area contributed by atoms with E-state index in [0.717, 1.165) is 54.0 Å². The van der Waals surface area contributed by atoms with Crippen molar-refractivity contribution < 1.29 is 14.3 Å². The first-order chi connectivity index (χ1) is 18.2. The number of pyridine rings is 1. The van der Waals surface area contributed by atoms with Crippen molar-refractivity contribution in [3.05, 3.63) is 95.3 Å². The summed E-state index contributed by atoms with van der Waals surface area (Å²) in [6.07, 6.45) is 8.61. The van der Waals surface area contributed by atoms with Crippen LogP contribution >= 0.6 is 11.3 Å². The van der Waals surface area contributed by atoms with E-state index in [1.807, 2.05) is 42.5 Å². The van der Waals surface area contributed by atoms with Gasteiger partial charge in [0, 0.05) is 24.4 Å². The summed E-state index contributed by atoms with van der Waals surface area (Å²) in [7, 11) is 0. The molecule has 4 aromatic rings. The Morgan fingerprint density at radius 3 is 2.35 bits per heavy atom. The monoisotopic (exact) mass is 514 g/mol. The summed E-state index contributed by atoms with van der Waals surface area (Å²) in [5.41, 5.74) is 3.29. The van der Waals surface area contributed by atoms with Crippen LogP contribution in [0.25, 0.3) is 10.6 Å². The molecule has 0 atom stereocenters. The van der Waals surface area contributed by atoms with E-state index in [-0.39, 0.29) is 18.7 Å². The highest BCUT2D eigenvalue weighted by atomic mass is 32.1. The number of aromatic nitrogens is 3. The quantitative estimate of drug-likeness (QED) is 0.175. The Morgan fingerprint density at radius 1 is 0.811 bits per heavy atom. The van der Waals surface area contributed by atoms with Crippen LogP contribution in [0.15, 0.2) is 79.1 Å². The molecule has 0 spiro atoms. The number of carbonyl (C=O) groups is 2. The number of nitrogens with one attached hydrogen (secondary N) is 1. The molecule has 8 heteroatoms. The molecule has 0 aliphatic heterocycles. The van der Waals surface area contributed by atoms with E-state index in [4.69, 9.17) is 4.74 Å². The Balaban J connectivity index is 1.13. The molecule has 190 valence electrons. The fourth-order valence-corrected chi connectivity index (χ4v) is 4.55. The van der Waals surface area contributed by atoms with Crippen molar-refractivity contribution in [1.82, 2.24) is 20.5 Å². The number of rotatable bonds is 14. The van der Waals surface area contributed by atoms with Gasteiger partial charge < -0.3 is 10.1 Å². The predicted molar refractivity (Wildman–Crippen MR) is 144 cm³/mol. The highest BCUT2D eigenvalue weighted by Crippen LogP contribution is 2.26. The van der Waals surface area contributed by atoms with Crippen LogP contribution in [0.2, 0.25) is 0 Å². The summed E-state index contributed by atoms with van der Waals surface area (Å²) in [5, 5.41) is 12.4. The first-order valence-electron chi connectivity index (χ1n) is 12.5. The maximum absolute atomic E-state index is 12.2. The van der Waals surface area contributed by atoms with Crippen molar-refractivity contribution in [1.29, 1.82) is 0 Å². The second-order valence-corrected chi connectivity index (χ2v) is 9.74. The van der Waals surface area contributed by atoms with Gasteiger partial charge in [-0.3, -0.25) is 14.6 Å². The molecule has 0 aliphatic rings. The van der Waals surface area contributed by atoms with Crippen LogP contribution in [0.1, 0.15) is 48.2 Å². The van der Waals surface area contributed by atoms with Crippen LogP contribution in [0, 0.1) is 0 Å². The maximum atomic E-state index is 12.2. The van der Waals surface area contributed by atoms with E-state index in [1.54, 1.807) is 12.4 Å². The molecule has 0 aliphatic carbocycles. The number of nitrogens with zero attached hydrogens (tertiary/aromatic N) is 3. The number of hydrogen-bond acceptors (Lipinski definition) is 7. The average Bonchev–Trinajstić information content (AvgIpc) is 3.43. The average molecular weight is 515 g/mol. The van der Waals surface area contributed by atoms with Crippen molar-refractivity contribution in [3.63, 3.8) is 0 Å². The molecule has 0 saturated heterocycles. The van der Waals surface area contributed by atoms with Crippen LogP contribution in [-0.2, 0) is 29.2 Å². The number of Topliss-reactive ketones (excluding diaryl/α,β-unsaturated/α-hetero) is 1. The maximum Gasteiger partial charge on any atom is 0.287 e. The lowest BCUT2D eigenvalue weighted by atomic mass is 10.0. The third-order valence-corrected chi connectivity index (χ3v) is 6.81. The highest BCUT2D eigenvalue weighted by molar-refractivity contribution is 7.14. The van der Waals surface area contributed by atoms with Gasteiger partial charge in [-0.05, 0) is 66.8 Å². The second kappa shape index (κ2) is 14.0. The van der Waals surface area contributed by atoms with Crippen LogP contribution in [-0.4, -0.2) is 26.9 Å². The summed E-state index contributed by atoms with van der Waals surface area (Å²) in [4.78, 5) is 28.3. The molecule has 0 bridgehead atoms. The van der Waals surface area contributed by atoms with Crippen molar-refractivity contribution in [2.45, 2.75) is 51.7 Å². The van der Waals surface area contributed by atoms with Gasteiger partial charge in [0.15, 0.2) is 0 Å². The Hall–Kier alpha value is -3.91. The smallest absolute Gasteiger partial charge is 0.287 e. The topological polar surface area (TPSA) is 94.1 Å². The van der Waals surface area contributed by atoms with Crippen molar-refractivity contribution in [3.8, 4) is 16.3 Å². The Labute approximate surface area is 221 Å². The van der Waals surface area contributed by atoms with Crippen LogP contribution < -0.4 is 10.1 Å². The van der Waals surface area contributed by atoms with Gasteiger partial charge in [-0.15, -0.1) is 10.2 Å². The van der Waals surface area contributed by atoms with Gasteiger partial charge in [0.1, 0.15) is 22.4 Å². The van der Waals surface area contributed by atoms with E-state index < -0.39 is 5.91 Å². The van der Waals surface area contributed by atoms with Gasteiger partial charge in [0.05, 0.1) is 6.54 Å². The minimum Gasteiger partial charge on any atom is -0.489 e. The normalized spacial score (nSPS) is 10.7. The Bertz CT molecular complexity index is 1260.